The van der Waals surface area contributed by atoms with E-state index in [1.54, 1.807) is 37.4 Å². The second-order valence-corrected chi connectivity index (χ2v) is 9.95. The van der Waals surface area contributed by atoms with E-state index in [1.165, 1.54) is 11.3 Å². The van der Waals surface area contributed by atoms with Crippen LogP contribution in [0.15, 0.2) is 28.1 Å². The van der Waals surface area contributed by atoms with Crippen molar-refractivity contribution in [1.82, 2.24) is 15.6 Å². The zero-order valence-electron chi connectivity index (χ0n) is 17.2. The topological polar surface area (TPSA) is 100 Å². The van der Waals surface area contributed by atoms with Crippen LogP contribution in [0.4, 0.5) is 5.13 Å². The molecule has 1 aliphatic carbocycles. The van der Waals surface area contributed by atoms with Crippen LogP contribution >= 0.6 is 38.9 Å². The summed E-state index contributed by atoms with van der Waals surface area (Å²) >= 11 is 10.8. The number of carbonyl (C=O) groups is 3. The molecule has 3 amide bonds. The van der Waals surface area contributed by atoms with Gasteiger partial charge in [-0.2, -0.15) is 0 Å². The number of hydrogen-bond acceptors (Lipinski definition) is 5. The maximum atomic E-state index is 12.6. The average molecular weight is 528 g/mol. The van der Waals surface area contributed by atoms with Crippen LogP contribution < -0.4 is 16.0 Å². The molecule has 0 radical (unpaired) electrons. The third kappa shape index (κ3) is 6.51. The zero-order valence-corrected chi connectivity index (χ0v) is 20.4. The fraction of sp³-hybridized carbons (Fsp3) is 0.429. The lowest BCUT2D eigenvalue weighted by Crippen LogP contribution is -2.49. The van der Waals surface area contributed by atoms with Crippen molar-refractivity contribution in [2.24, 2.45) is 5.92 Å². The SMILES string of the molecule is CC(C)C(=O)Nc1nc(CC(=O)N[C@H]2CCC[C@H]2NC(=O)c2ccc(Br)cc2Cl)cs1. The molecule has 0 saturated heterocycles. The van der Waals surface area contributed by atoms with Gasteiger partial charge in [0, 0.05) is 27.9 Å². The van der Waals surface area contributed by atoms with Crippen molar-refractivity contribution in [2.45, 2.75) is 51.6 Å². The van der Waals surface area contributed by atoms with Crippen molar-refractivity contribution in [1.29, 1.82) is 0 Å². The van der Waals surface area contributed by atoms with E-state index < -0.39 is 0 Å². The molecule has 3 rings (SSSR count). The Labute approximate surface area is 198 Å². The van der Waals surface area contributed by atoms with Crippen molar-refractivity contribution in [3.63, 3.8) is 0 Å². The molecule has 1 aromatic carbocycles. The van der Waals surface area contributed by atoms with Crippen molar-refractivity contribution < 1.29 is 14.4 Å². The van der Waals surface area contributed by atoms with Crippen molar-refractivity contribution in [2.75, 3.05) is 5.32 Å². The summed E-state index contributed by atoms with van der Waals surface area (Å²) in [4.78, 5) is 41.2. The minimum Gasteiger partial charge on any atom is -0.351 e. The molecule has 1 aliphatic rings. The largest absolute Gasteiger partial charge is 0.351 e. The van der Waals surface area contributed by atoms with E-state index in [0.29, 0.717) is 21.4 Å². The van der Waals surface area contributed by atoms with Gasteiger partial charge in [-0.05, 0) is 37.5 Å². The number of thiazole rings is 1. The second kappa shape index (κ2) is 10.6. The maximum absolute atomic E-state index is 12.6. The van der Waals surface area contributed by atoms with Crippen LogP contribution in [0.3, 0.4) is 0 Å². The third-order valence-electron chi connectivity index (χ3n) is 5.00. The summed E-state index contributed by atoms with van der Waals surface area (Å²) in [5, 5.41) is 11.4. The highest BCUT2D eigenvalue weighted by Gasteiger charge is 2.30. The van der Waals surface area contributed by atoms with Crippen LogP contribution in [0, 0.1) is 5.92 Å². The highest BCUT2D eigenvalue weighted by Crippen LogP contribution is 2.24. The van der Waals surface area contributed by atoms with Gasteiger partial charge in [-0.3, -0.25) is 14.4 Å². The Balaban J connectivity index is 1.54. The molecule has 3 N–H and O–H groups in total. The van der Waals surface area contributed by atoms with Gasteiger partial charge in [0.1, 0.15) is 0 Å². The van der Waals surface area contributed by atoms with Crippen molar-refractivity contribution >= 4 is 61.7 Å². The van der Waals surface area contributed by atoms with Gasteiger partial charge in [-0.15, -0.1) is 11.3 Å². The average Bonchev–Trinajstić information content (AvgIpc) is 3.31. The fourth-order valence-electron chi connectivity index (χ4n) is 3.34. The van der Waals surface area contributed by atoms with E-state index in [4.69, 9.17) is 11.6 Å². The van der Waals surface area contributed by atoms with E-state index in [-0.39, 0.29) is 42.1 Å². The van der Waals surface area contributed by atoms with Crippen LogP contribution in [-0.4, -0.2) is 34.8 Å². The molecule has 0 bridgehead atoms. The number of nitrogens with one attached hydrogen (secondary N) is 3. The van der Waals surface area contributed by atoms with E-state index in [9.17, 15) is 14.4 Å². The molecule has 2 aromatic rings. The van der Waals surface area contributed by atoms with Crippen LogP contribution in [0.1, 0.15) is 49.2 Å². The minimum atomic E-state index is -0.256. The predicted octanol–water partition coefficient (Wildman–Crippen LogP) is 4.16. The first kappa shape index (κ1) is 23.7. The fourth-order valence-corrected chi connectivity index (χ4v) is 4.82. The summed E-state index contributed by atoms with van der Waals surface area (Å²) in [5.41, 5.74) is 1.00. The lowest BCUT2D eigenvalue weighted by molar-refractivity contribution is -0.121. The van der Waals surface area contributed by atoms with Crippen molar-refractivity contribution in [3.8, 4) is 0 Å². The van der Waals surface area contributed by atoms with Gasteiger partial charge in [-0.25, -0.2) is 4.98 Å². The van der Waals surface area contributed by atoms with E-state index >= 15 is 0 Å². The molecule has 0 spiro atoms. The van der Waals surface area contributed by atoms with Crippen molar-refractivity contribution in [3.05, 3.63) is 44.3 Å². The lowest BCUT2D eigenvalue weighted by atomic mass is 10.1. The second-order valence-electron chi connectivity index (χ2n) is 7.77. The molecular formula is C21H24BrClN4O3S. The molecule has 0 aliphatic heterocycles. The molecule has 1 fully saturated rings. The molecule has 10 heteroatoms. The Kier molecular flexibility index (Phi) is 8.07. The van der Waals surface area contributed by atoms with Gasteiger partial charge in [0.2, 0.25) is 11.8 Å². The number of aromatic nitrogens is 1. The van der Waals surface area contributed by atoms with Gasteiger partial charge < -0.3 is 16.0 Å². The quantitative estimate of drug-likeness (QED) is 0.503. The lowest BCUT2D eigenvalue weighted by Gasteiger charge is -2.22. The number of nitrogens with zero attached hydrogens (tertiary/aromatic N) is 1. The minimum absolute atomic E-state index is 0.110. The van der Waals surface area contributed by atoms with E-state index in [1.807, 2.05) is 0 Å². The first-order chi connectivity index (χ1) is 14.7. The normalized spacial score (nSPS) is 18.1. The summed E-state index contributed by atoms with van der Waals surface area (Å²) < 4.78 is 0.800. The maximum Gasteiger partial charge on any atom is 0.253 e. The molecule has 2 atom stereocenters. The van der Waals surface area contributed by atoms with Crippen LogP contribution in [0.25, 0.3) is 0 Å². The Morgan fingerprint density at radius 2 is 1.94 bits per heavy atom. The Hall–Kier alpha value is -1.97. The summed E-state index contributed by atoms with van der Waals surface area (Å²) in [6, 6.07) is 4.80. The molecule has 7 nitrogen and oxygen atoms in total. The van der Waals surface area contributed by atoms with Crippen LogP contribution in [0.5, 0.6) is 0 Å². The number of amides is 3. The molecule has 1 heterocycles. The van der Waals surface area contributed by atoms with Gasteiger partial charge in [-0.1, -0.05) is 41.4 Å². The van der Waals surface area contributed by atoms with Crippen LogP contribution in [0.2, 0.25) is 5.02 Å². The molecule has 166 valence electrons. The highest BCUT2D eigenvalue weighted by molar-refractivity contribution is 9.10. The number of rotatable bonds is 7. The standard InChI is InChI=1S/C21H24BrClN4O3S/c1-11(2)19(29)27-21-24-13(10-31-21)9-18(28)25-16-4-3-5-17(16)26-20(30)14-7-6-12(22)8-15(14)23/h6-8,10-11,16-17H,3-5,9H2,1-2H3,(H,25,28)(H,26,30)(H,24,27,29)/t16-,17+/m0/s1. The van der Waals surface area contributed by atoms with Crippen LogP contribution in [-0.2, 0) is 16.0 Å². The first-order valence-electron chi connectivity index (χ1n) is 10.0. The zero-order chi connectivity index (χ0) is 22.5. The van der Waals surface area contributed by atoms with Gasteiger partial charge in [0.15, 0.2) is 5.13 Å². The number of benzene rings is 1. The summed E-state index contributed by atoms with van der Waals surface area (Å²) in [5.74, 6) is -0.674. The molecule has 1 aromatic heterocycles. The smallest absolute Gasteiger partial charge is 0.253 e. The number of carbonyl (C=O) groups excluding carboxylic acids is 3. The van der Waals surface area contributed by atoms with Gasteiger partial charge in [0.05, 0.1) is 22.7 Å². The monoisotopic (exact) mass is 526 g/mol. The molecule has 1 saturated carbocycles. The predicted molar refractivity (Wildman–Crippen MR) is 125 cm³/mol. The number of halogens is 2. The Bertz CT molecular complexity index is 981. The third-order valence-corrected chi connectivity index (χ3v) is 6.62. The first-order valence-corrected chi connectivity index (χ1v) is 12.1. The summed E-state index contributed by atoms with van der Waals surface area (Å²) in [6.45, 7) is 3.61. The molecule has 31 heavy (non-hydrogen) atoms. The van der Waals surface area contributed by atoms with Gasteiger partial charge >= 0.3 is 0 Å². The highest BCUT2D eigenvalue weighted by atomic mass is 79.9. The molecular weight excluding hydrogens is 504 g/mol. The van der Waals surface area contributed by atoms with Gasteiger partial charge in [0.25, 0.3) is 5.91 Å². The van der Waals surface area contributed by atoms with E-state index in [2.05, 4.69) is 36.9 Å². The van der Waals surface area contributed by atoms with E-state index in [0.717, 1.165) is 23.7 Å². The molecule has 0 unspecified atom stereocenters. The summed E-state index contributed by atoms with van der Waals surface area (Å²) in [6.07, 6.45) is 2.60. The Morgan fingerprint density at radius 1 is 1.23 bits per heavy atom. The Morgan fingerprint density at radius 3 is 2.61 bits per heavy atom. The number of hydrogen-bond donors (Lipinski definition) is 3. The summed E-state index contributed by atoms with van der Waals surface area (Å²) in [7, 11) is 0. The number of anilines is 1.